The molecule has 0 spiro atoms. The number of amides is 2. The molecule has 136 valence electrons. The molecule has 0 aliphatic heterocycles. The molecule has 1 aromatic heterocycles. The van der Waals surface area contributed by atoms with Crippen LogP contribution in [0.15, 0.2) is 42.9 Å². The molecule has 7 heteroatoms. The average Bonchev–Trinajstić information content (AvgIpc) is 3.17. The van der Waals surface area contributed by atoms with E-state index in [1.807, 2.05) is 0 Å². The molecule has 1 atom stereocenters. The second-order valence-electron chi connectivity index (χ2n) is 6.37. The molecular formula is C19H22N4O3. The summed E-state index contributed by atoms with van der Waals surface area (Å²) in [6.45, 7) is 1.68. The number of nitrogens with zero attached hydrogens (tertiary/aromatic N) is 2. The molecule has 1 heterocycles. The van der Waals surface area contributed by atoms with Crippen molar-refractivity contribution < 1.29 is 14.3 Å². The standard InChI is InChI=1S/C19H22N4O3/c1-13(22-19(25)14-5-2-3-6-14)18(24)23-15-7-4-8-16(11-15)26-17-12-20-9-10-21-17/h4,7-14H,2-3,5-6H2,1H3,(H,22,25)(H,23,24). The highest BCUT2D eigenvalue weighted by atomic mass is 16.5. The summed E-state index contributed by atoms with van der Waals surface area (Å²) < 4.78 is 5.60. The van der Waals surface area contributed by atoms with Gasteiger partial charge in [-0.3, -0.25) is 14.6 Å². The first-order chi connectivity index (χ1) is 12.6. The molecule has 7 nitrogen and oxygen atoms in total. The second kappa shape index (κ2) is 8.42. The largest absolute Gasteiger partial charge is 0.437 e. The molecule has 2 amide bonds. The maximum absolute atomic E-state index is 12.3. The molecule has 2 aromatic rings. The van der Waals surface area contributed by atoms with Crippen LogP contribution < -0.4 is 15.4 Å². The van der Waals surface area contributed by atoms with Crippen molar-refractivity contribution >= 4 is 17.5 Å². The summed E-state index contributed by atoms with van der Waals surface area (Å²) in [4.78, 5) is 32.5. The molecule has 0 radical (unpaired) electrons. The number of benzene rings is 1. The van der Waals surface area contributed by atoms with Crippen molar-refractivity contribution in [1.29, 1.82) is 0 Å². The van der Waals surface area contributed by atoms with E-state index >= 15 is 0 Å². The van der Waals surface area contributed by atoms with Gasteiger partial charge in [0.25, 0.3) is 0 Å². The molecular weight excluding hydrogens is 332 g/mol. The first kappa shape index (κ1) is 17.8. The highest BCUT2D eigenvalue weighted by Crippen LogP contribution is 2.25. The minimum absolute atomic E-state index is 0.0361. The van der Waals surface area contributed by atoms with E-state index in [4.69, 9.17) is 4.74 Å². The summed E-state index contributed by atoms with van der Waals surface area (Å²) in [7, 11) is 0. The Kier molecular flexibility index (Phi) is 5.78. The highest BCUT2D eigenvalue weighted by molar-refractivity contribution is 5.97. The lowest BCUT2D eigenvalue weighted by Gasteiger charge is -2.17. The van der Waals surface area contributed by atoms with Gasteiger partial charge in [-0.25, -0.2) is 4.98 Å². The van der Waals surface area contributed by atoms with Gasteiger partial charge in [0.05, 0.1) is 6.20 Å². The summed E-state index contributed by atoms with van der Waals surface area (Å²) in [5.74, 6) is 0.631. The van der Waals surface area contributed by atoms with Crippen LogP contribution in [-0.2, 0) is 9.59 Å². The number of hydrogen-bond acceptors (Lipinski definition) is 5. The average molecular weight is 354 g/mol. The Bertz CT molecular complexity index is 760. The van der Waals surface area contributed by atoms with E-state index < -0.39 is 6.04 Å². The van der Waals surface area contributed by atoms with Gasteiger partial charge < -0.3 is 15.4 Å². The van der Waals surface area contributed by atoms with Gasteiger partial charge in [-0.15, -0.1) is 0 Å². The molecule has 2 N–H and O–H groups in total. The Hall–Kier alpha value is -2.96. The topological polar surface area (TPSA) is 93.2 Å². The predicted molar refractivity (Wildman–Crippen MR) is 96.7 cm³/mol. The zero-order chi connectivity index (χ0) is 18.4. The number of carbonyl (C=O) groups excluding carboxylic acids is 2. The molecule has 1 saturated carbocycles. The Balaban J connectivity index is 1.56. The van der Waals surface area contributed by atoms with Gasteiger partial charge in [-0.2, -0.15) is 0 Å². The van der Waals surface area contributed by atoms with E-state index in [0.717, 1.165) is 25.7 Å². The van der Waals surface area contributed by atoms with Crippen molar-refractivity contribution in [3.05, 3.63) is 42.9 Å². The minimum Gasteiger partial charge on any atom is -0.437 e. The molecule has 3 rings (SSSR count). The van der Waals surface area contributed by atoms with Crippen molar-refractivity contribution in [2.24, 2.45) is 5.92 Å². The van der Waals surface area contributed by atoms with Crippen LogP contribution in [0.4, 0.5) is 5.69 Å². The van der Waals surface area contributed by atoms with Crippen molar-refractivity contribution in [1.82, 2.24) is 15.3 Å². The van der Waals surface area contributed by atoms with E-state index in [9.17, 15) is 9.59 Å². The maximum atomic E-state index is 12.3. The Labute approximate surface area is 152 Å². The van der Waals surface area contributed by atoms with Crippen LogP contribution in [0.25, 0.3) is 0 Å². The fourth-order valence-electron chi connectivity index (χ4n) is 2.93. The van der Waals surface area contributed by atoms with E-state index in [2.05, 4.69) is 20.6 Å². The third-order valence-electron chi connectivity index (χ3n) is 4.34. The fourth-order valence-corrected chi connectivity index (χ4v) is 2.93. The SMILES string of the molecule is CC(NC(=O)C1CCCC1)C(=O)Nc1cccc(Oc2cnccn2)c1. The fraction of sp³-hybridized carbons (Fsp3) is 0.368. The normalized spacial score (nSPS) is 15.3. The molecule has 0 bridgehead atoms. The zero-order valence-electron chi connectivity index (χ0n) is 14.6. The van der Waals surface area contributed by atoms with E-state index in [1.54, 1.807) is 37.4 Å². The Morgan fingerprint density at radius 3 is 2.77 bits per heavy atom. The molecule has 26 heavy (non-hydrogen) atoms. The van der Waals surface area contributed by atoms with Crippen LogP contribution in [0.2, 0.25) is 0 Å². The number of nitrogens with one attached hydrogen (secondary N) is 2. The Morgan fingerprint density at radius 2 is 2.04 bits per heavy atom. The summed E-state index contributed by atoms with van der Waals surface area (Å²) in [6.07, 6.45) is 8.57. The van der Waals surface area contributed by atoms with Gasteiger partial charge in [0.15, 0.2) is 0 Å². The van der Waals surface area contributed by atoms with Gasteiger partial charge in [0, 0.05) is 30.1 Å². The third kappa shape index (κ3) is 4.78. The maximum Gasteiger partial charge on any atom is 0.246 e. The number of anilines is 1. The lowest BCUT2D eigenvalue weighted by Crippen LogP contribution is -2.43. The molecule has 1 unspecified atom stereocenters. The third-order valence-corrected chi connectivity index (χ3v) is 4.34. The number of rotatable bonds is 6. The van der Waals surface area contributed by atoms with Crippen molar-refractivity contribution in [3.8, 4) is 11.6 Å². The van der Waals surface area contributed by atoms with Crippen molar-refractivity contribution in [2.75, 3.05) is 5.32 Å². The second-order valence-corrected chi connectivity index (χ2v) is 6.37. The molecule has 0 saturated heterocycles. The van der Waals surface area contributed by atoms with Crippen LogP contribution in [-0.4, -0.2) is 27.8 Å². The number of aromatic nitrogens is 2. The van der Waals surface area contributed by atoms with Crippen molar-refractivity contribution in [2.45, 2.75) is 38.6 Å². The summed E-state index contributed by atoms with van der Waals surface area (Å²) in [5.41, 5.74) is 0.582. The molecule has 1 aliphatic rings. The van der Waals surface area contributed by atoms with Gasteiger partial charge in [-0.1, -0.05) is 18.9 Å². The van der Waals surface area contributed by atoms with E-state index in [-0.39, 0.29) is 17.7 Å². The van der Waals surface area contributed by atoms with Gasteiger partial charge >= 0.3 is 0 Å². The Morgan fingerprint density at radius 1 is 1.23 bits per heavy atom. The van der Waals surface area contributed by atoms with Crippen molar-refractivity contribution in [3.63, 3.8) is 0 Å². The summed E-state index contributed by atoms with van der Waals surface area (Å²) >= 11 is 0. The van der Waals surface area contributed by atoms with E-state index in [0.29, 0.717) is 17.3 Å². The lowest BCUT2D eigenvalue weighted by molar-refractivity contribution is -0.128. The molecule has 1 aromatic carbocycles. The molecule has 1 aliphatic carbocycles. The highest BCUT2D eigenvalue weighted by Gasteiger charge is 2.25. The smallest absolute Gasteiger partial charge is 0.246 e. The monoisotopic (exact) mass is 354 g/mol. The minimum atomic E-state index is -0.604. The summed E-state index contributed by atoms with van der Waals surface area (Å²) in [5, 5.41) is 5.59. The first-order valence-electron chi connectivity index (χ1n) is 8.77. The predicted octanol–water partition coefficient (Wildman–Crippen LogP) is 2.90. The van der Waals surface area contributed by atoms with E-state index in [1.165, 1.54) is 12.4 Å². The van der Waals surface area contributed by atoms with Crippen LogP contribution >= 0.6 is 0 Å². The first-order valence-corrected chi connectivity index (χ1v) is 8.77. The number of carbonyl (C=O) groups is 2. The van der Waals surface area contributed by atoms with Gasteiger partial charge in [0.1, 0.15) is 11.8 Å². The van der Waals surface area contributed by atoms with Crippen LogP contribution in [0.3, 0.4) is 0 Å². The van der Waals surface area contributed by atoms with Gasteiger partial charge in [-0.05, 0) is 31.9 Å². The number of ether oxygens (including phenoxy) is 1. The summed E-state index contributed by atoms with van der Waals surface area (Å²) in [6, 6.07) is 6.37. The van der Waals surface area contributed by atoms with Crippen LogP contribution in [0.5, 0.6) is 11.6 Å². The van der Waals surface area contributed by atoms with Crippen LogP contribution in [0, 0.1) is 5.92 Å². The molecule has 1 fully saturated rings. The number of hydrogen-bond donors (Lipinski definition) is 2. The van der Waals surface area contributed by atoms with Crippen LogP contribution in [0.1, 0.15) is 32.6 Å². The zero-order valence-corrected chi connectivity index (χ0v) is 14.6. The lowest BCUT2D eigenvalue weighted by atomic mass is 10.1. The quantitative estimate of drug-likeness (QED) is 0.832. The van der Waals surface area contributed by atoms with Gasteiger partial charge in [0.2, 0.25) is 17.7 Å².